The molecule has 0 radical (unpaired) electrons. The molecule has 0 unspecified atom stereocenters. The molecule has 1 aromatic carbocycles. The number of carbonyl (C=O) groups is 2. The summed E-state index contributed by atoms with van der Waals surface area (Å²) in [5.74, 6) is -1.45. The normalized spacial score (nSPS) is 15.5. The fourth-order valence-corrected chi connectivity index (χ4v) is 2.10. The summed E-state index contributed by atoms with van der Waals surface area (Å²) in [5, 5.41) is 6.36. The van der Waals surface area contributed by atoms with Crippen molar-refractivity contribution in [2.75, 3.05) is 39.4 Å². The maximum atomic E-state index is 11.6. The van der Waals surface area contributed by atoms with Gasteiger partial charge < -0.3 is 10.1 Å². The summed E-state index contributed by atoms with van der Waals surface area (Å²) in [6.45, 7) is 6.24. The predicted octanol–water partition coefficient (Wildman–Crippen LogP) is -0.106. The summed E-state index contributed by atoms with van der Waals surface area (Å²) < 4.78 is 5.24. The Balaban J connectivity index is 1.66. The minimum atomic E-state index is -0.768. The van der Waals surface area contributed by atoms with E-state index in [-0.39, 0.29) is 0 Å². The third-order valence-electron chi connectivity index (χ3n) is 3.48. The molecule has 0 aromatic heterocycles. The van der Waals surface area contributed by atoms with Crippen LogP contribution in [0.3, 0.4) is 0 Å². The van der Waals surface area contributed by atoms with Gasteiger partial charge in [-0.25, -0.2) is 5.43 Å². The largest absolute Gasteiger partial charge is 0.379 e. The van der Waals surface area contributed by atoms with E-state index in [1.807, 2.05) is 31.2 Å². The number of aryl methyl sites for hydroxylation is 1. The first-order valence-corrected chi connectivity index (χ1v) is 7.63. The number of carbonyl (C=O) groups excluding carboxylic acids is 2. The molecule has 1 aliphatic rings. The van der Waals surface area contributed by atoms with E-state index in [4.69, 9.17) is 4.74 Å². The Bertz CT molecular complexity index is 551. The second-order valence-corrected chi connectivity index (χ2v) is 5.32. The lowest BCUT2D eigenvalue weighted by molar-refractivity contribution is -0.139. The van der Waals surface area contributed by atoms with Gasteiger partial charge in [0.1, 0.15) is 0 Å². The number of ether oxygens (including phenoxy) is 1. The number of nitrogens with zero attached hydrogens (tertiary/aromatic N) is 2. The highest BCUT2D eigenvalue weighted by atomic mass is 16.5. The van der Waals surface area contributed by atoms with Crippen LogP contribution >= 0.6 is 0 Å². The van der Waals surface area contributed by atoms with E-state index in [1.54, 1.807) is 0 Å². The number of benzene rings is 1. The molecule has 2 rings (SSSR count). The van der Waals surface area contributed by atoms with Crippen LogP contribution in [0.25, 0.3) is 0 Å². The smallest absolute Gasteiger partial charge is 0.329 e. The summed E-state index contributed by atoms with van der Waals surface area (Å²) >= 11 is 0. The van der Waals surface area contributed by atoms with Crippen LogP contribution in [0.5, 0.6) is 0 Å². The van der Waals surface area contributed by atoms with Crippen molar-refractivity contribution in [2.45, 2.75) is 6.92 Å². The van der Waals surface area contributed by atoms with Crippen LogP contribution in [0.2, 0.25) is 0 Å². The fourth-order valence-electron chi connectivity index (χ4n) is 2.10. The van der Waals surface area contributed by atoms with Crippen molar-refractivity contribution in [1.82, 2.24) is 15.6 Å². The molecule has 0 spiro atoms. The summed E-state index contributed by atoms with van der Waals surface area (Å²) in [6.07, 6.45) is 1.50. The van der Waals surface area contributed by atoms with Crippen molar-refractivity contribution in [2.24, 2.45) is 5.10 Å². The van der Waals surface area contributed by atoms with Crippen LogP contribution in [0.15, 0.2) is 29.4 Å². The average Bonchev–Trinajstić information content (AvgIpc) is 2.57. The standard InChI is InChI=1S/C16H22N4O3/c1-13-2-4-14(5-3-13)12-18-19-16(22)15(21)17-6-7-20-8-10-23-11-9-20/h2-5,12H,6-11H2,1H3,(H,17,21)(H,19,22)/b18-12-. The highest BCUT2D eigenvalue weighted by Gasteiger charge is 2.14. The predicted molar refractivity (Wildman–Crippen MR) is 87.2 cm³/mol. The lowest BCUT2D eigenvalue weighted by Crippen LogP contribution is -2.44. The number of amides is 2. The van der Waals surface area contributed by atoms with Gasteiger partial charge in [-0.3, -0.25) is 14.5 Å². The third-order valence-corrected chi connectivity index (χ3v) is 3.48. The van der Waals surface area contributed by atoms with Gasteiger partial charge in [0.25, 0.3) is 0 Å². The summed E-state index contributed by atoms with van der Waals surface area (Å²) in [7, 11) is 0. The number of hydrogen-bond donors (Lipinski definition) is 2. The number of hydrogen-bond acceptors (Lipinski definition) is 5. The van der Waals surface area contributed by atoms with E-state index in [9.17, 15) is 9.59 Å². The first-order chi connectivity index (χ1) is 11.1. The van der Waals surface area contributed by atoms with Crippen molar-refractivity contribution in [3.8, 4) is 0 Å². The van der Waals surface area contributed by atoms with Gasteiger partial charge in [0.2, 0.25) is 0 Å². The van der Waals surface area contributed by atoms with E-state index in [0.29, 0.717) is 26.3 Å². The molecule has 1 aliphatic heterocycles. The van der Waals surface area contributed by atoms with Gasteiger partial charge in [-0.2, -0.15) is 5.10 Å². The zero-order chi connectivity index (χ0) is 16.5. The van der Waals surface area contributed by atoms with Crippen molar-refractivity contribution in [1.29, 1.82) is 0 Å². The van der Waals surface area contributed by atoms with Crippen LogP contribution in [0, 0.1) is 6.92 Å². The van der Waals surface area contributed by atoms with E-state index < -0.39 is 11.8 Å². The zero-order valence-electron chi connectivity index (χ0n) is 13.2. The lowest BCUT2D eigenvalue weighted by atomic mass is 10.2. The van der Waals surface area contributed by atoms with Crippen LogP contribution in [0.1, 0.15) is 11.1 Å². The first kappa shape index (κ1) is 17.1. The molecule has 1 saturated heterocycles. The maximum absolute atomic E-state index is 11.6. The molecular formula is C16H22N4O3. The Morgan fingerprint density at radius 2 is 1.91 bits per heavy atom. The molecule has 2 N–H and O–H groups in total. The highest BCUT2D eigenvalue weighted by molar-refractivity contribution is 6.35. The number of rotatable bonds is 5. The SMILES string of the molecule is Cc1ccc(/C=N\NC(=O)C(=O)NCCN2CCOCC2)cc1. The molecule has 0 atom stereocenters. The zero-order valence-corrected chi connectivity index (χ0v) is 13.2. The Morgan fingerprint density at radius 1 is 1.22 bits per heavy atom. The van der Waals surface area contributed by atoms with E-state index >= 15 is 0 Å². The molecule has 7 nitrogen and oxygen atoms in total. The van der Waals surface area contributed by atoms with Crippen LogP contribution in [0.4, 0.5) is 0 Å². The van der Waals surface area contributed by atoms with Gasteiger partial charge in [-0.05, 0) is 12.5 Å². The van der Waals surface area contributed by atoms with E-state index in [0.717, 1.165) is 24.2 Å². The second kappa shape index (κ2) is 9.02. The van der Waals surface area contributed by atoms with Crippen LogP contribution < -0.4 is 10.7 Å². The monoisotopic (exact) mass is 318 g/mol. The van der Waals surface area contributed by atoms with Gasteiger partial charge in [-0.15, -0.1) is 0 Å². The molecule has 23 heavy (non-hydrogen) atoms. The van der Waals surface area contributed by atoms with Gasteiger partial charge in [-0.1, -0.05) is 29.8 Å². The lowest BCUT2D eigenvalue weighted by Gasteiger charge is -2.26. The Morgan fingerprint density at radius 3 is 2.61 bits per heavy atom. The first-order valence-electron chi connectivity index (χ1n) is 7.63. The Labute approximate surface area is 135 Å². The second-order valence-electron chi connectivity index (χ2n) is 5.32. The Hall–Kier alpha value is -2.25. The van der Waals surface area contributed by atoms with Crippen molar-refractivity contribution in [3.63, 3.8) is 0 Å². The van der Waals surface area contributed by atoms with Gasteiger partial charge in [0.15, 0.2) is 0 Å². The Kier molecular flexibility index (Phi) is 6.71. The topological polar surface area (TPSA) is 83.0 Å². The third kappa shape index (κ3) is 6.17. The molecule has 1 aromatic rings. The fraction of sp³-hybridized carbons (Fsp3) is 0.438. The molecule has 0 bridgehead atoms. The molecule has 0 saturated carbocycles. The van der Waals surface area contributed by atoms with Crippen molar-refractivity contribution in [3.05, 3.63) is 35.4 Å². The minimum Gasteiger partial charge on any atom is -0.379 e. The molecule has 124 valence electrons. The van der Waals surface area contributed by atoms with Gasteiger partial charge in [0.05, 0.1) is 19.4 Å². The summed E-state index contributed by atoms with van der Waals surface area (Å²) in [5.41, 5.74) is 4.21. The molecule has 0 aliphatic carbocycles. The highest BCUT2D eigenvalue weighted by Crippen LogP contribution is 1.99. The van der Waals surface area contributed by atoms with Crippen molar-refractivity contribution >= 4 is 18.0 Å². The molecular weight excluding hydrogens is 296 g/mol. The summed E-state index contributed by atoms with van der Waals surface area (Å²) in [4.78, 5) is 25.4. The van der Waals surface area contributed by atoms with Crippen molar-refractivity contribution < 1.29 is 14.3 Å². The van der Waals surface area contributed by atoms with E-state index in [1.165, 1.54) is 6.21 Å². The molecule has 1 fully saturated rings. The molecule has 1 heterocycles. The quantitative estimate of drug-likeness (QED) is 0.451. The average molecular weight is 318 g/mol. The van der Waals surface area contributed by atoms with Crippen LogP contribution in [-0.2, 0) is 14.3 Å². The number of hydrazone groups is 1. The molecule has 2 amide bonds. The van der Waals surface area contributed by atoms with Gasteiger partial charge in [0, 0.05) is 26.2 Å². The maximum Gasteiger partial charge on any atom is 0.329 e. The van der Waals surface area contributed by atoms with E-state index in [2.05, 4.69) is 20.7 Å². The van der Waals surface area contributed by atoms with Gasteiger partial charge >= 0.3 is 11.8 Å². The summed E-state index contributed by atoms with van der Waals surface area (Å²) in [6, 6.07) is 7.66. The molecule has 7 heteroatoms. The minimum absolute atomic E-state index is 0.425. The number of morpholine rings is 1. The number of nitrogens with one attached hydrogen (secondary N) is 2. The van der Waals surface area contributed by atoms with Crippen LogP contribution in [-0.4, -0.2) is 62.3 Å².